The molecule has 1 aliphatic carbocycles. The number of aromatic nitrogens is 1. The number of rotatable bonds is 5. The second-order valence-electron chi connectivity index (χ2n) is 5.96. The maximum atomic E-state index is 4.42. The molecule has 1 aromatic rings. The van der Waals surface area contributed by atoms with Crippen LogP contribution in [0.2, 0.25) is 0 Å². The summed E-state index contributed by atoms with van der Waals surface area (Å²) in [5.41, 5.74) is 0. The molecular formula is C15H26N4S. The molecule has 1 saturated carbocycles. The van der Waals surface area contributed by atoms with Crippen LogP contribution in [0.5, 0.6) is 0 Å². The van der Waals surface area contributed by atoms with Gasteiger partial charge in [-0.2, -0.15) is 0 Å². The van der Waals surface area contributed by atoms with Gasteiger partial charge in [-0.1, -0.05) is 13.3 Å². The standard InChI is InChI=1S/C15H26N4S/c1-2-16-14-5-3-4-13(14)12-18-7-9-19(10-8-18)15-17-6-11-20-15/h6,11,13-14,16H,2-5,7-10,12H2,1H3. The molecule has 3 rings (SSSR count). The average molecular weight is 294 g/mol. The minimum atomic E-state index is 0.761. The highest BCUT2D eigenvalue weighted by Crippen LogP contribution is 2.27. The Hall–Kier alpha value is -0.650. The summed E-state index contributed by atoms with van der Waals surface area (Å²) in [5.74, 6) is 0.862. The molecule has 0 radical (unpaired) electrons. The van der Waals surface area contributed by atoms with Crippen molar-refractivity contribution in [2.75, 3.05) is 44.2 Å². The van der Waals surface area contributed by atoms with Crippen LogP contribution in [-0.2, 0) is 0 Å². The Morgan fingerprint density at radius 2 is 2.15 bits per heavy atom. The van der Waals surface area contributed by atoms with E-state index in [2.05, 4.69) is 32.4 Å². The average Bonchev–Trinajstić information content (AvgIpc) is 3.13. The number of anilines is 1. The van der Waals surface area contributed by atoms with Crippen LogP contribution in [0.25, 0.3) is 0 Å². The van der Waals surface area contributed by atoms with Crippen molar-refractivity contribution < 1.29 is 0 Å². The van der Waals surface area contributed by atoms with Crippen LogP contribution in [0, 0.1) is 5.92 Å². The third kappa shape index (κ3) is 3.32. The van der Waals surface area contributed by atoms with E-state index in [9.17, 15) is 0 Å². The molecule has 0 amide bonds. The number of hydrogen-bond acceptors (Lipinski definition) is 5. The third-order valence-electron chi connectivity index (χ3n) is 4.68. The van der Waals surface area contributed by atoms with E-state index in [1.54, 1.807) is 11.3 Å². The van der Waals surface area contributed by atoms with Crippen molar-refractivity contribution in [2.24, 2.45) is 5.92 Å². The molecule has 2 aliphatic rings. The Kier molecular flexibility index (Phi) is 4.91. The fourth-order valence-corrected chi connectivity index (χ4v) is 4.31. The van der Waals surface area contributed by atoms with Gasteiger partial charge < -0.3 is 10.2 Å². The third-order valence-corrected chi connectivity index (χ3v) is 5.51. The number of piperazine rings is 1. The Bertz CT molecular complexity index is 387. The molecule has 2 atom stereocenters. The van der Waals surface area contributed by atoms with Crippen LogP contribution in [-0.4, -0.2) is 55.2 Å². The molecule has 0 bridgehead atoms. The Labute approximate surface area is 126 Å². The fourth-order valence-electron chi connectivity index (χ4n) is 3.61. The summed E-state index contributed by atoms with van der Waals surface area (Å²) in [7, 11) is 0. The van der Waals surface area contributed by atoms with E-state index in [0.717, 1.165) is 31.6 Å². The van der Waals surface area contributed by atoms with Crippen LogP contribution < -0.4 is 10.2 Å². The van der Waals surface area contributed by atoms with Gasteiger partial charge in [0.15, 0.2) is 5.13 Å². The molecule has 20 heavy (non-hydrogen) atoms. The van der Waals surface area contributed by atoms with Crippen molar-refractivity contribution in [1.29, 1.82) is 0 Å². The molecule has 1 N–H and O–H groups in total. The summed E-state index contributed by atoms with van der Waals surface area (Å²) < 4.78 is 0. The maximum Gasteiger partial charge on any atom is 0.185 e. The Morgan fingerprint density at radius 1 is 1.30 bits per heavy atom. The van der Waals surface area contributed by atoms with Gasteiger partial charge in [-0.05, 0) is 25.3 Å². The van der Waals surface area contributed by atoms with Crippen molar-refractivity contribution >= 4 is 16.5 Å². The van der Waals surface area contributed by atoms with Crippen molar-refractivity contribution in [3.63, 3.8) is 0 Å². The molecule has 0 aromatic carbocycles. The number of hydrogen-bond donors (Lipinski definition) is 1. The van der Waals surface area contributed by atoms with Gasteiger partial charge in [0, 0.05) is 50.3 Å². The lowest BCUT2D eigenvalue weighted by Gasteiger charge is -2.36. The zero-order valence-corrected chi connectivity index (χ0v) is 13.2. The molecule has 0 spiro atoms. The molecule has 5 heteroatoms. The van der Waals surface area contributed by atoms with Gasteiger partial charge in [-0.15, -0.1) is 11.3 Å². The second kappa shape index (κ2) is 6.87. The highest BCUT2D eigenvalue weighted by Gasteiger charge is 2.29. The Morgan fingerprint density at radius 3 is 2.85 bits per heavy atom. The predicted molar refractivity (Wildman–Crippen MR) is 85.6 cm³/mol. The lowest BCUT2D eigenvalue weighted by molar-refractivity contribution is 0.204. The SMILES string of the molecule is CCNC1CCCC1CN1CCN(c2nccs2)CC1. The molecule has 2 fully saturated rings. The zero-order valence-electron chi connectivity index (χ0n) is 12.4. The first kappa shape index (κ1) is 14.3. The van der Waals surface area contributed by atoms with E-state index in [-0.39, 0.29) is 0 Å². The second-order valence-corrected chi connectivity index (χ2v) is 6.83. The van der Waals surface area contributed by atoms with Gasteiger partial charge in [0.1, 0.15) is 0 Å². The minimum Gasteiger partial charge on any atom is -0.346 e. The molecule has 1 aromatic heterocycles. The van der Waals surface area contributed by atoms with Gasteiger partial charge in [-0.3, -0.25) is 4.90 Å². The summed E-state index contributed by atoms with van der Waals surface area (Å²) in [6.45, 7) is 9.26. The molecule has 2 heterocycles. The molecular weight excluding hydrogens is 268 g/mol. The molecule has 1 aliphatic heterocycles. The monoisotopic (exact) mass is 294 g/mol. The van der Waals surface area contributed by atoms with E-state index in [1.807, 2.05) is 6.20 Å². The van der Waals surface area contributed by atoms with Crippen molar-refractivity contribution in [3.8, 4) is 0 Å². The first-order valence-electron chi connectivity index (χ1n) is 7.97. The zero-order chi connectivity index (χ0) is 13.8. The summed E-state index contributed by atoms with van der Waals surface area (Å²) >= 11 is 1.76. The molecule has 112 valence electrons. The predicted octanol–water partition coefficient (Wildman–Crippen LogP) is 2.04. The normalized spacial score (nSPS) is 28.1. The van der Waals surface area contributed by atoms with Gasteiger partial charge in [0.25, 0.3) is 0 Å². The number of nitrogens with one attached hydrogen (secondary N) is 1. The van der Waals surface area contributed by atoms with E-state index in [0.29, 0.717) is 0 Å². The first-order valence-corrected chi connectivity index (χ1v) is 8.85. The van der Waals surface area contributed by atoms with Gasteiger partial charge in [0.2, 0.25) is 0 Å². The summed E-state index contributed by atoms with van der Waals surface area (Å²) in [6.07, 6.45) is 6.09. The van der Waals surface area contributed by atoms with Crippen LogP contribution in [0.15, 0.2) is 11.6 Å². The number of thiazole rings is 1. The van der Waals surface area contributed by atoms with E-state index in [1.165, 1.54) is 44.0 Å². The minimum absolute atomic E-state index is 0.761. The summed E-state index contributed by atoms with van der Waals surface area (Å²) in [5, 5.41) is 6.93. The summed E-state index contributed by atoms with van der Waals surface area (Å²) in [6, 6.07) is 0.761. The topological polar surface area (TPSA) is 31.4 Å². The van der Waals surface area contributed by atoms with E-state index < -0.39 is 0 Å². The van der Waals surface area contributed by atoms with E-state index >= 15 is 0 Å². The molecule has 4 nitrogen and oxygen atoms in total. The number of nitrogens with zero attached hydrogens (tertiary/aromatic N) is 3. The lowest BCUT2D eigenvalue weighted by Crippen LogP contribution is -2.49. The first-order chi connectivity index (χ1) is 9.86. The highest BCUT2D eigenvalue weighted by molar-refractivity contribution is 7.13. The van der Waals surface area contributed by atoms with Gasteiger partial charge in [0.05, 0.1) is 0 Å². The largest absolute Gasteiger partial charge is 0.346 e. The van der Waals surface area contributed by atoms with Gasteiger partial charge in [-0.25, -0.2) is 4.98 Å². The van der Waals surface area contributed by atoms with Gasteiger partial charge >= 0.3 is 0 Å². The van der Waals surface area contributed by atoms with E-state index in [4.69, 9.17) is 0 Å². The molecule has 2 unspecified atom stereocenters. The van der Waals surface area contributed by atoms with Crippen molar-refractivity contribution in [3.05, 3.63) is 11.6 Å². The maximum absolute atomic E-state index is 4.42. The van der Waals surface area contributed by atoms with Crippen LogP contribution in [0.3, 0.4) is 0 Å². The smallest absolute Gasteiger partial charge is 0.185 e. The van der Waals surface area contributed by atoms with Crippen LogP contribution in [0.4, 0.5) is 5.13 Å². The van der Waals surface area contributed by atoms with Crippen molar-refractivity contribution in [2.45, 2.75) is 32.2 Å². The quantitative estimate of drug-likeness (QED) is 0.900. The van der Waals surface area contributed by atoms with Crippen LogP contribution >= 0.6 is 11.3 Å². The van der Waals surface area contributed by atoms with Crippen molar-refractivity contribution in [1.82, 2.24) is 15.2 Å². The lowest BCUT2D eigenvalue weighted by atomic mass is 10.0. The highest BCUT2D eigenvalue weighted by atomic mass is 32.1. The van der Waals surface area contributed by atoms with Crippen LogP contribution in [0.1, 0.15) is 26.2 Å². The Balaban J connectivity index is 1.46. The molecule has 1 saturated heterocycles. The fraction of sp³-hybridized carbons (Fsp3) is 0.800. The summed E-state index contributed by atoms with van der Waals surface area (Å²) in [4.78, 5) is 9.51.